The lowest BCUT2D eigenvalue weighted by Gasteiger charge is -2.54. The number of carboxylic acid groups (broad SMARTS) is 1. The van der Waals surface area contributed by atoms with Gasteiger partial charge in [-0.05, 0) is 56.3 Å². The average molecular weight is 356 g/mol. The van der Waals surface area contributed by atoms with Gasteiger partial charge in [0.15, 0.2) is 0 Å². The smallest absolute Gasteiger partial charge is 0.303 e. The molecule has 4 fully saturated rings. The van der Waals surface area contributed by atoms with Crippen LogP contribution in [0.5, 0.6) is 0 Å². The molecule has 3 saturated heterocycles. The Morgan fingerprint density at radius 3 is 2.58 bits per heavy atom. The fraction of sp³-hybridized carbons (Fsp3) is 0.750. The lowest BCUT2D eigenvalue weighted by molar-refractivity contribution is -0.141. The fourth-order valence-electron chi connectivity index (χ4n) is 5.52. The van der Waals surface area contributed by atoms with Crippen molar-refractivity contribution in [3.8, 4) is 0 Å². The van der Waals surface area contributed by atoms with Crippen molar-refractivity contribution in [2.75, 3.05) is 29.4 Å². The molecule has 26 heavy (non-hydrogen) atoms. The second-order valence-electron chi connectivity index (χ2n) is 8.90. The van der Waals surface area contributed by atoms with Gasteiger partial charge in [0.05, 0.1) is 5.69 Å². The Balaban J connectivity index is 1.44. The zero-order chi connectivity index (χ0) is 18.0. The molecule has 1 aromatic rings. The summed E-state index contributed by atoms with van der Waals surface area (Å²) in [7, 11) is 0. The monoisotopic (exact) mass is 356 g/mol. The number of aliphatic carboxylic acids is 1. The molecule has 0 aromatic carbocycles. The average Bonchev–Trinajstić information content (AvgIpc) is 2.99. The van der Waals surface area contributed by atoms with Crippen LogP contribution in [0.25, 0.3) is 0 Å². The van der Waals surface area contributed by atoms with Crippen LogP contribution in [-0.2, 0) is 11.2 Å². The predicted molar refractivity (Wildman–Crippen MR) is 99.7 cm³/mol. The van der Waals surface area contributed by atoms with Gasteiger partial charge in [-0.15, -0.1) is 0 Å². The van der Waals surface area contributed by atoms with Crippen LogP contribution in [0.3, 0.4) is 0 Å². The molecule has 5 atom stereocenters. The van der Waals surface area contributed by atoms with E-state index in [1.54, 1.807) is 0 Å². The van der Waals surface area contributed by atoms with E-state index in [1.807, 2.05) is 0 Å². The Morgan fingerprint density at radius 1 is 1.19 bits per heavy atom. The summed E-state index contributed by atoms with van der Waals surface area (Å²) in [5.74, 6) is 3.32. The lowest BCUT2D eigenvalue weighted by Crippen LogP contribution is -2.56. The zero-order valence-corrected chi connectivity index (χ0v) is 15.7. The van der Waals surface area contributed by atoms with Gasteiger partial charge >= 0.3 is 5.97 Å². The minimum Gasteiger partial charge on any atom is -0.481 e. The van der Waals surface area contributed by atoms with Crippen LogP contribution in [0.2, 0.25) is 0 Å². The summed E-state index contributed by atoms with van der Waals surface area (Å²) in [6.07, 6.45) is 4.98. The molecular weight excluding hydrogens is 328 g/mol. The minimum absolute atomic E-state index is 0.332. The molecule has 1 aromatic heterocycles. The third-order valence-electron chi connectivity index (χ3n) is 7.31. The molecule has 0 spiro atoms. The van der Waals surface area contributed by atoms with Crippen molar-refractivity contribution < 1.29 is 9.90 Å². The summed E-state index contributed by atoms with van der Waals surface area (Å²) in [4.78, 5) is 25.9. The van der Waals surface area contributed by atoms with E-state index < -0.39 is 5.97 Å². The van der Waals surface area contributed by atoms with E-state index in [0.29, 0.717) is 36.1 Å². The van der Waals surface area contributed by atoms with Crippen molar-refractivity contribution in [3.05, 3.63) is 11.3 Å². The molecule has 1 N–H and O–H groups in total. The van der Waals surface area contributed by atoms with Crippen LogP contribution in [0.1, 0.15) is 56.7 Å². The lowest BCUT2D eigenvalue weighted by atomic mass is 9.60. The van der Waals surface area contributed by atoms with Gasteiger partial charge in [0.2, 0.25) is 5.95 Å². The third-order valence-corrected chi connectivity index (χ3v) is 7.31. The minimum atomic E-state index is -0.649. The van der Waals surface area contributed by atoms with Crippen molar-refractivity contribution in [1.82, 2.24) is 9.97 Å². The first-order chi connectivity index (χ1) is 12.5. The van der Waals surface area contributed by atoms with Gasteiger partial charge in [-0.25, -0.2) is 4.98 Å². The van der Waals surface area contributed by atoms with E-state index in [1.165, 1.54) is 30.5 Å². The first-order valence-electron chi connectivity index (χ1n) is 10.2. The van der Waals surface area contributed by atoms with E-state index in [0.717, 1.165) is 37.8 Å². The van der Waals surface area contributed by atoms with Gasteiger partial charge in [0.1, 0.15) is 5.82 Å². The number of anilines is 2. The van der Waals surface area contributed by atoms with E-state index in [4.69, 9.17) is 15.1 Å². The molecule has 0 radical (unpaired) electrons. The van der Waals surface area contributed by atoms with Crippen LogP contribution in [0.4, 0.5) is 11.8 Å². The number of nitrogens with zero attached hydrogens (tertiary/aromatic N) is 4. The number of hydrogen-bond donors (Lipinski definition) is 1. The molecule has 1 saturated carbocycles. The first kappa shape index (κ1) is 16.3. The Labute approximate surface area is 154 Å². The van der Waals surface area contributed by atoms with Gasteiger partial charge in [-0.1, -0.05) is 6.92 Å². The number of aromatic nitrogens is 2. The van der Waals surface area contributed by atoms with Gasteiger partial charge in [-0.3, -0.25) is 4.79 Å². The maximum absolute atomic E-state index is 11.1. The fourth-order valence-corrected chi connectivity index (χ4v) is 5.52. The molecule has 2 bridgehead atoms. The number of piperidine rings is 2. The molecule has 4 heterocycles. The van der Waals surface area contributed by atoms with Crippen LogP contribution in [0.15, 0.2) is 0 Å². The highest BCUT2D eigenvalue weighted by Gasteiger charge is 2.48. The summed E-state index contributed by atoms with van der Waals surface area (Å²) < 4.78 is 0. The van der Waals surface area contributed by atoms with Crippen LogP contribution in [-0.4, -0.2) is 46.7 Å². The summed E-state index contributed by atoms with van der Waals surface area (Å²) in [6, 6.07) is 0.535. The normalized spacial score (nSPS) is 34.9. The van der Waals surface area contributed by atoms with E-state index >= 15 is 0 Å². The largest absolute Gasteiger partial charge is 0.481 e. The second kappa shape index (κ2) is 5.83. The van der Waals surface area contributed by atoms with Gasteiger partial charge in [0.25, 0.3) is 0 Å². The molecule has 0 unspecified atom stereocenters. The number of hydrogen-bond acceptors (Lipinski definition) is 5. The topological polar surface area (TPSA) is 69.6 Å². The number of rotatable bonds is 4. The molecular formula is C20H28N4O2. The summed E-state index contributed by atoms with van der Waals surface area (Å²) in [6.45, 7) is 7.50. The molecule has 140 valence electrons. The van der Waals surface area contributed by atoms with Gasteiger partial charge in [0, 0.05) is 37.7 Å². The molecule has 3 aliphatic heterocycles. The summed E-state index contributed by atoms with van der Waals surface area (Å²) in [5.41, 5.74) is 2.61. The number of carboxylic acids is 1. The third kappa shape index (κ3) is 2.41. The van der Waals surface area contributed by atoms with E-state index in [9.17, 15) is 4.79 Å². The van der Waals surface area contributed by atoms with Crippen molar-refractivity contribution >= 4 is 17.7 Å². The molecule has 2 aliphatic carbocycles. The highest BCUT2D eigenvalue weighted by atomic mass is 16.4. The highest BCUT2D eigenvalue weighted by Crippen LogP contribution is 2.49. The quantitative estimate of drug-likeness (QED) is 0.894. The molecule has 5 aliphatic rings. The second-order valence-corrected chi connectivity index (χ2v) is 8.90. The first-order valence-corrected chi connectivity index (χ1v) is 10.2. The molecule has 6 rings (SSSR count). The van der Waals surface area contributed by atoms with Crippen LogP contribution in [0, 0.1) is 17.8 Å². The Morgan fingerprint density at radius 2 is 1.96 bits per heavy atom. The highest BCUT2D eigenvalue weighted by molar-refractivity contribution is 5.67. The van der Waals surface area contributed by atoms with Crippen molar-refractivity contribution in [2.45, 2.75) is 57.9 Å². The van der Waals surface area contributed by atoms with E-state index in [-0.39, 0.29) is 0 Å². The maximum atomic E-state index is 11.1. The Hall–Kier alpha value is -1.85. The van der Waals surface area contributed by atoms with Gasteiger partial charge < -0.3 is 14.9 Å². The summed E-state index contributed by atoms with van der Waals surface area (Å²) >= 11 is 0. The predicted octanol–water partition coefficient (Wildman–Crippen LogP) is 2.67. The Bertz CT molecular complexity index is 740. The molecule has 6 heteroatoms. The zero-order valence-electron chi connectivity index (χ0n) is 15.7. The van der Waals surface area contributed by atoms with Crippen molar-refractivity contribution in [2.24, 2.45) is 17.8 Å². The van der Waals surface area contributed by atoms with E-state index in [2.05, 4.69) is 23.6 Å². The molecule has 0 amide bonds. The molecule has 6 nitrogen and oxygen atoms in total. The van der Waals surface area contributed by atoms with Crippen molar-refractivity contribution in [3.63, 3.8) is 0 Å². The maximum Gasteiger partial charge on any atom is 0.303 e. The standard InChI is InChI=1S/C20H28N4O2/c1-11-3-4-15-18(11)21-20(24-6-5-12(24)2)22-19(15)23-9-13-7-14(10-23)16(13)8-17(25)26/h11-14,16H,3-10H2,1-2H3,(H,25,26)/t11-,12-,13-,14+,16+/m0/s1. The van der Waals surface area contributed by atoms with Crippen LogP contribution >= 0.6 is 0 Å². The number of carbonyl (C=O) groups is 1. The number of fused-ring (bicyclic) bond motifs is 3. The SMILES string of the molecule is C[C@H]1CCc2c1nc(N1CC[C@@H]1C)nc2N1C[C@H]2C[C@@H](C1)[C@H]2CC(=O)O. The van der Waals surface area contributed by atoms with Gasteiger partial charge in [-0.2, -0.15) is 4.98 Å². The summed E-state index contributed by atoms with van der Waals surface area (Å²) in [5, 5.41) is 9.16. The van der Waals surface area contributed by atoms with Crippen molar-refractivity contribution in [1.29, 1.82) is 0 Å². The van der Waals surface area contributed by atoms with Crippen LogP contribution < -0.4 is 9.80 Å². The Kier molecular flexibility index (Phi) is 3.66.